The van der Waals surface area contributed by atoms with Crippen LogP contribution in [0.3, 0.4) is 0 Å². The second-order valence-electron chi connectivity index (χ2n) is 6.73. The topological polar surface area (TPSA) is 15.3 Å². The first-order chi connectivity index (χ1) is 8.94. The summed E-state index contributed by atoms with van der Waals surface area (Å²) in [5.41, 5.74) is 2.27. The molecule has 0 aliphatic carbocycles. The first-order valence-electron chi connectivity index (χ1n) is 8.05. The highest BCUT2D eigenvalue weighted by Crippen LogP contribution is 2.30. The fourth-order valence-corrected chi connectivity index (χ4v) is 9.81. The van der Waals surface area contributed by atoms with Crippen molar-refractivity contribution in [1.82, 2.24) is 9.88 Å². The summed E-state index contributed by atoms with van der Waals surface area (Å²) in [7, 11) is -2.43. The number of nitrogens with zero attached hydrogens (tertiary/aromatic N) is 1. The lowest BCUT2D eigenvalue weighted by molar-refractivity contribution is 0.270. The fraction of sp³-hybridized carbons (Fsp3) is 0.867. The van der Waals surface area contributed by atoms with Gasteiger partial charge in [0.2, 0.25) is 0 Å². The number of piperazine rings is 1. The van der Waals surface area contributed by atoms with Crippen molar-refractivity contribution in [3.05, 3.63) is 12.3 Å². The predicted molar refractivity (Wildman–Crippen MR) is 93.0 cm³/mol. The lowest BCUT2D eigenvalue weighted by Gasteiger charge is -2.49. The number of rotatable bonds is 7. The molecule has 0 bridgehead atoms. The van der Waals surface area contributed by atoms with E-state index in [1.165, 1.54) is 43.8 Å². The summed E-state index contributed by atoms with van der Waals surface area (Å²) in [6.45, 7) is 19.9. The van der Waals surface area contributed by atoms with Crippen molar-refractivity contribution >= 4 is 16.3 Å². The maximum atomic E-state index is 4.08. The Balaban J connectivity index is 2.90. The normalized spacial score (nSPS) is 22.5. The van der Waals surface area contributed by atoms with Crippen LogP contribution in [-0.2, 0) is 0 Å². The number of hydrogen-bond acceptors (Lipinski definition) is 2. The molecular weight excluding hydrogens is 264 g/mol. The van der Waals surface area contributed by atoms with E-state index in [2.05, 4.69) is 56.0 Å². The highest BCUT2D eigenvalue weighted by molar-refractivity contribution is 6.82. The minimum atomic E-state index is -1.22. The molecule has 0 amide bonds. The molecule has 1 fully saturated rings. The van der Waals surface area contributed by atoms with Crippen molar-refractivity contribution in [2.24, 2.45) is 0 Å². The Bertz CT molecular complexity index is 280. The third-order valence-electron chi connectivity index (χ3n) is 5.25. The molecule has 2 nitrogen and oxygen atoms in total. The van der Waals surface area contributed by atoms with Crippen molar-refractivity contribution in [2.45, 2.75) is 64.1 Å². The van der Waals surface area contributed by atoms with E-state index >= 15 is 0 Å². The SMILES string of the molecule is C=C[Si](C)(C)CC1CNCCN1[Si](CC)(CC)CC. The summed E-state index contributed by atoms with van der Waals surface area (Å²) in [6.07, 6.45) is 0. The van der Waals surface area contributed by atoms with Crippen LogP contribution in [0.4, 0.5) is 0 Å². The monoisotopic (exact) mass is 298 g/mol. The first-order valence-corrected chi connectivity index (χ1v) is 13.9. The number of nitrogens with one attached hydrogen (secondary N) is 1. The average molecular weight is 299 g/mol. The van der Waals surface area contributed by atoms with Gasteiger partial charge in [-0.15, -0.1) is 12.3 Å². The van der Waals surface area contributed by atoms with Crippen LogP contribution in [0.1, 0.15) is 20.8 Å². The Labute approximate surface area is 122 Å². The Morgan fingerprint density at radius 2 is 1.79 bits per heavy atom. The van der Waals surface area contributed by atoms with E-state index < -0.39 is 16.3 Å². The lowest BCUT2D eigenvalue weighted by atomic mass is 10.3. The van der Waals surface area contributed by atoms with Gasteiger partial charge in [0.05, 0.1) is 8.07 Å². The largest absolute Gasteiger partial charge is 0.318 e. The van der Waals surface area contributed by atoms with E-state index in [0.717, 1.165) is 6.04 Å². The average Bonchev–Trinajstić information content (AvgIpc) is 2.43. The molecule has 0 spiro atoms. The van der Waals surface area contributed by atoms with E-state index in [1.807, 2.05) is 0 Å². The quantitative estimate of drug-likeness (QED) is 0.721. The molecule has 0 aromatic heterocycles. The molecule has 0 aromatic rings. The molecule has 1 rings (SSSR count). The Morgan fingerprint density at radius 3 is 2.26 bits per heavy atom. The van der Waals surface area contributed by atoms with Gasteiger partial charge in [0.1, 0.15) is 8.24 Å². The van der Waals surface area contributed by atoms with E-state index in [4.69, 9.17) is 0 Å². The van der Waals surface area contributed by atoms with Gasteiger partial charge in [-0.2, -0.15) is 0 Å². The molecule has 0 radical (unpaired) electrons. The van der Waals surface area contributed by atoms with Gasteiger partial charge >= 0.3 is 0 Å². The van der Waals surface area contributed by atoms with Gasteiger partial charge in [-0.05, 0) is 24.2 Å². The zero-order valence-electron chi connectivity index (χ0n) is 13.8. The van der Waals surface area contributed by atoms with Crippen LogP contribution in [0.5, 0.6) is 0 Å². The van der Waals surface area contributed by atoms with Crippen LogP contribution < -0.4 is 5.32 Å². The molecule has 1 N–H and O–H groups in total. The zero-order valence-corrected chi connectivity index (χ0v) is 15.8. The van der Waals surface area contributed by atoms with E-state index in [1.54, 1.807) is 0 Å². The Morgan fingerprint density at radius 1 is 1.21 bits per heavy atom. The fourth-order valence-electron chi connectivity index (χ4n) is 3.62. The summed E-state index contributed by atoms with van der Waals surface area (Å²) in [6, 6.07) is 6.36. The second kappa shape index (κ2) is 7.20. The van der Waals surface area contributed by atoms with Gasteiger partial charge < -0.3 is 9.88 Å². The predicted octanol–water partition coefficient (Wildman–Crippen LogP) is 3.70. The van der Waals surface area contributed by atoms with Crippen molar-refractivity contribution in [1.29, 1.82) is 0 Å². The molecule has 1 aliphatic heterocycles. The summed E-state index contributed by atoms with van der Waals surface area (Å²) in [4.78, 5) is 0. The van der Waals surface area contributed by atoms with Crippen LogP contribution >= 0.6 is 0 Å². The molecular formula is C15H34N2Si2. The van der Waals surface area contributed by atoms with Gasteiger partial charge in [-0.25, -0.2) is 0 Å². The van der Waals surface area contributed by atoms with Crippen molar-refractivity contribution in [3.63, 3.8) is 0 Å². The molecule has 1 aliphatic rings. The Hall–Kier alpha value is 0.0938. The first kappa shape index (κ1) is 17.1. The van der Waals surface area contributed by atoms with Crippen LogP contribution in [-0.4, -0.2) is 46.6 Å². The van der Waals surface area contributed by atoms with Gasteiger partial charge in [0, 0.05) is 25.7 Å². The van der Waals surface area contributed by atoms with E-state index in [9.17, 15) is 0 Å². The standard InChI is InChI=1S/C15H34N2Si2/c1-7-18(5,6)14-15-13-16-11-12-17(15)19(8-2,9-3)10-4/h7,15-16H,1,8-14H2,2-6H3. The summed E-state index contributed by atoms with van der Waals surface area (Å²) >= 11 is 0. The molecule has 19 heavy (non-hydrogen) atoms. The smallest absolute Gasteiger partial charge is 0.127 e. The molecule has 0 aromatic carbocycles. The van der Waals surface area contributed by atoms with E-state index in [-0.39, 0.29) is 0 Å². The lowest BCUT2D eigenvalue weighted by Crippen LogP contribution is -2.64. The van der Waals surface area contributed by atoms with Gasteiger partial charge in [0.25, 0.3) is 0 Å². The summed E-state index contributed by atoms with van der Waals surface area (Å²) in [5.74, 6) is 0. The summed E-state index contributed by atoms with van der Waals surface area (Å²) < 4.78 is 2.97. The van der Waals surface area contributed by atoms with Crippen LogP contribution in [0, 0.1) is 0 Å². The van der Waals surface area contributed by atoms with Crippen LogP contribution in [0.2, 0.25) is 37.3 Å². The molecule has 0 saturated carbocycles. The molecule has 4 heteroatoms. The molecule has 1 saturated heterocycles. The minimum Gasteiger partial charge on any atom is -0.318 e. The van der Waals surface area contributed by atoms with Crippen molar-refractivity contribution < 1.29 is 0 Å². The Kier molecular flexibility index (Phi) is 6.50. The van der Waals surface area contributed by atoms with Crippen LogP contribution in [0.25, 0.3) is 0 Å². The third kappa shape index (κ3) is 4.03. The highest BCUT2D eigenvalue weighted by atomic mass is 28.3. The summed E-state index contributed by atoms with van der Waals surface area (Å²) in [5, 5.41) is 3.62. The van der Waals surface area contributed by atoms with Gasteiger partial charge in [-0.1, -0.05) is 33.9 Å². The molecule has 112 valence electrons. The van der Waals surface area contributed by atoms with E-state index in [0.29, 0.717) is 0 Å². The second-order valence-corrected chi connectivity index (χ2v) is 16.7. The third-order valence-corrected chi connectivity index (χ3v) is 13.6. The number of hydrogen-bond donors (Lipinski definition) is 1. The highest BCUT2D eigenvalue weighted by Gasteiger charge is 2.41. The van der Waals surface area contributed by atoms with Crippen molar-refractivity contribution in [3.8, 4) is 0 Å². The van der Waals surface area contributed by atoms with Crippen LogP contribution in [0.15, 0.2) is 12.3 Å². The minimum absolute atomic E-state index is 0.764. The molecule has 1 heterocycles. The maximum absolute atomic E-state index is 4.08. The van der Waals surface area contributed by atoms with Gasteiger partial charge in [0.15, 0.2) is 0 Å². The molecule has 1 unspecified atom stereocenters. The maximum Gasteiger partial charge on any atom is 0.127 e. The zero-order chi connectivity index (χ0) is 14.5. The van der Waals surface area contributed by atoms with Crippen molar-refractivity contribution in [2.75, 3.05) is 19.6 Å². The molecule has 1 atom stereocenters. The van der Waals surface area contributed by atoms with Gasteiger partial charge in [-0.3, -0.25) is 0 Å².